The Morgan fingerprint density at radius 3 is 2.47 bits per heavy atom. The summed E-state index contributed by atoms with van der Waals surface area (Å²) in [6.07, 6.45) is 0.778. The van der Waals surface area contributed by atoms with Crippen molar-refractivity contribution in [2.24, 2.45) is 0 Å². The van der Waals surface area contributed by atoms with Gasteiger partial charge in [-0.2, -0.15) is 0 Å². The van der Waals surface area contributed by atoms with Crippen molar-refractivity contribution in [1.82, 2.24) is 0 Å². The van der Waals surface area contributed by atoms with E-state index in [4.69, 9.17) is 9.47 Å². The second kappa shape index (κ2) is 6.59. The lowest BCUT2D eigenvalue weighted by Crippen LogP contribution is -2.02. The van der Waals surface area contributed by atoms with Gasteiger partial charge in [0.05, 0.1) is 12.2 Å². The first-order valence-electron chi connectivity index (χ1n) is 6.23. The second-order valence-electron chi connectivity index (χ2n) is 4.00. The van der Waals surface area contributed by atoms with Gasteiger partial charge in [0.1, 0.15) is 6.61 Å². The van der Waals surface area contributed by atoms with Crippen LogP contribution in [-0.4, -0.2) is 12.9 Å². The molecule has 0 amide bonds. The average Bonchev–Trinajstić information content (AvgIpc) is 2.47. The third-order valence-electron chi connectivity index (χ3n) is 2.66. The van der Waals surface area contributed by atoms with Crippen LogP contribution in [0.4, 0.5) is 0 Å². The molecular weight excluding hydrogens is 240 g/mol. The normalized spacial score (nSPS) is 9.95. The minimum atomic E-state index is 0.448. The molecule has 0 atom stereocenters. The third kappa shape index (κ3) is 3.35. The number of ether oxygens (including phenoxy) is 2. The van der Waals surface area contributed by atoms with Crippen LogP contribution in [0.15, 0.2) is 48.5 Å². The average molecular weight is 256 g/mol. The Labute approximate surface area is 112 Å². The van der Waals surface area contributed by atoms with E-state index in [1.165, 1.54) is 0 Å². The third-order valence-corrected chi connectivity index (χ3v) is 2.66. The summed E-state index contributed by atoms with van der Waals surface area (Å²) in [4.78, 5) is 11.0. The van der Waals surface area contributed by atoms with Gasteiger partial charge in [0.2, 0.25) is 0 Å². The highest BCUT2D eigenvalue weighted by Crippen LogP contribution is 2.30. The summed E-state index contributed by atoms with van der Waals surface area (Å²) in [5.74, 6) is 1.10. The molecular formula is C16H16O3. The molecule has 0 spiro atoms. The van der Waals surface area contributed by atoms with Crippen LogP contribution in [0, 0.1) is 0 Å². The van der Waals surface area contributed by atoms with E-state index < -0.39 is 0 Å². The summed E-state index contributed by atoms with van der Waals surface area (Å²) in [6.45, 7) is 2.82. The summed E-state index contributed by atoms with van der Waals surface area (Å²) >= 11 is 0. The Kier molecular flexibility index (Phi) is 4.56. The minimum Gasteiger partial charge on any atom is -0.489 e. The summed E-state index contributed by atoms with van der Waals surface area (Å²) in [7, 11) is 0. The van der Waals surface area contributed by atoms with Crippen LogP contribution in [0.25, 0.3) is 0 Å². The molecule has 2 rings (SSSR count). The van der Waals surface area contributed by atoms with Gasteiger partial charge in [-0.15, -0.1) is 0 Å². The molecule has 3 nitrogen and oxygen atoms in total. The van der Waals surface area contributed by atoms with E-state index in [-0.39, 0.29) is 0 Å². The van der Waals surface area contributed by atoms with Gasteiger partial charge in [0.15, 0.2) is 17.8 Å². The molecule has 0 bridgehead atoms. The van der Waals surface area contributed by atoms with Crippen LogP contribution in [0.1, 0.15) is 22.8 Å². The van der Waals surface area contributed by atoms with E-state index in [0.29, 0.717) is 30.3 Å². The Bertz CT molecular complexity index is 535. The van der Waals surface area contributed by atoms with Gasteiger partial charge in [-0.25, -0.2) is 0 Å². The smallest absolute Gasteiger partial charge is 0.171 e. The molecule has 0 unspecified atom stereocenters. The summed E-state index contributed by atoms with van der Waals surface area (Å²) in [6, 6.07) is 15.2. The lowest BCUT2D eigenvalue weighted by atomic mass is 10.2. The molecule has 98 valence electrons. The molecule has 0 N–H and O–H groups in total. The number of aldehydes is 1. The van der Waals surface area contributed by atoms with Crippen molar-refractivity contribution >= 4 is 6.29 Å². The van der Waals surface area contributed by atoms with Gasteiger partial charge in [-0.1, -0.05) is 36.4 Å². The molecule has 0 saturated heterocycles. The highest BCUT2D eigenvalue weighted by molar-refractivity contribution is 5.81. The monoisotopic (exact) mass is 256 g/mol. The molecule has 2 aromatic rings. The fourth-order valence-electron chi connectivity index (χ4n) is 1.77. The van der Waals surface area contributed by atoms with Gasteiger partial charge in [-0.3, -0.25) is 4.79 Å². The zero-order chi connectivity index (χ0) is 13.5. The van der Waals surface area contributed by atoms with Gasteiger partial charge in [-0.05, 0) is 24.6 Å². The number of hydrogen-bond acceptors (Lipinski definition) is 3. The standard InChI is InChI=1S/C16H16O3/c1-2-18-16-14(11-17)9-6-10-15(16)19-12-13-7-4-3-5-8-13/h3-11H,2,12H2,1H3. The van der Waals surface area contributed by atoms with Gasteiger partial charge < -0.3 is 9.47 Å². The van der Waals surface area contributed by atoms with Gasteiger partial charge in [0.25, 0.3) is 0 Å². The van der Waals surface area contributed by atoms with Gasteiger partial charge >= 0.3 is 0 Å². The summed E-state index contributed by atoms with van der Waals surface area (Å²) in [5, 5.41) is 0. The highest BCUT2D eigenvalue weighted by Gasteiger charge is 2.10. The second-order valence-corrected chi connectivity index (χ2v) is 4.00. The van der Waals surface area contributed by atoms with Crippen LogP contribution in [-0.2, 0) is 6.61 Å². The van der Waals surface area contributed by atoms with E-state index in [2.05, 4.69) is 0 Å². The molecule has 2 aromatic carbocycles. The lowest BCUT2D eigenvalue weighted by molar-refractivity contribution is 0.111. The molecule has 0 radical (unpaired) electrons. The molecule has 19 heavy (non-hydrogen) atoms. The maximum absolute atomic E-state index is 11.0. The van der Waals surface area contributed by atoms with Crippen molar-refractivity contribution in [3.05, 3.63) is 59.7 Å². The fraction of sp³-hybridized carbons (Fsp3) is 0.188. The van der Waals surface area contributed by atoms with Crippen molar-refractivity contribution in [3.8, 4) is 11.5 Å². The molecule has 3 heteroatoms. The van der Waals surface area contributed by atoms with Crippen molar-refractivity contribution in [3.63, 3.8) is 0 Å². The Morgan fingerprint density at radius 1 is 1.00 bits per heavy atom. The number of carbonyl (C=O) groups is 1. The van der Waals surface area contributed by atoms with Crippen LogP contribution in [0.3, 0.4) is 0 Å². The first-order valence-corrected chi connectivity index (χ1v) is 6.23. The fourth-order valence-corrected chi connectivity index (χ4v) is 1.77. The van der Waals surface area contributed by atoms with E-state index in [1.807, 2.05) is 37.3 Å². The number of carbonyl (C=O) groups excluding carboxylic acids is 1. The predicted molar refractivity (Wildman–Crippen MR) is 73.8 cm³/mol. The molecule has 0 heterocycles. The molecule has 0 aliphatic heterocycles. The molecule has 0 saturated carbocycles. The minimum absolute atomic E-state index is 0.448. The largest absolute Gasteiger partial charge is 0.489 e. The van der Waals surface area contributed by atoms with Crippen LogP contribution >= 0.6 is 0 Å². The molecule has 0 fully saturated rings. The highest BCUT2D eigenvalue weighted by atomic mass is 16.5. The van der Waals surface area contributed by atoms with E-state index in [9.17, 15) is 4.79 Å². The maximum Gasteiger partial charge on any atom is 0.171 e. The van der Waals surface area contributed by atoms with Crippen molar-refractivity contribution in [2.45, 2.75) is 13.5 Å². The van der Waals surface area contributed by atoms with E-state index in [1.54, 1.807) is 18.2 Å². The predicted octanol–water partition coefficient (Wildman–Crippen LogP) is 3.48. The van der Waals surface area contributed by atoms with Crippen LogP contribution in [0.5, 0.6) is 11.5 Å². The SMILES string of the molecule is CCOc1c(C=O)cccc1OCc1ccccc1. The number of hydrogen-bond donors (Lipinski definition) is 0. The van der Waals surface area contributed by atoms with Crippen molar-refractivity contribution in [2.75, 3.05) is 6.61 Å². The van der Waals surface area contributed by atoms with Gasteiger partial charge in [0, 0.05) is 0 Å². The number of para-hydroxylation sites is 1. The molecule has 0 aliphatic carbocycles. The summed E-state index contributed by atoms with van der Waals surface area (Å²) < 4.78 is 11.2. The van der Waals surface area contributed by atoms with Crippen LogP contribution < -0.4 is 9.47 Å². The number of benzene rings is 2. The Balaban J connectivity index is 2.17. The van der Waals surface area contributed by atoms with E-state index in [0.717, 1.165) is 11.8 Å². The zero-order valence-electron chi connectivity index (χ0n) is 10.8. The quantitative estimate of drug-likeness (QED) is 0.742. The van der Waals surface area contributed by atoms with Crippen LogP contribution in [0.2, 0.25) is 0 Å². The van der Waals surface area contributed by atoms with Crippen molar-refractivity contribution < 1.29 is 14.3 Å². The Morgan fingerprint density at radius 2 is 1.79 bits per heavy atom. The molecule has 0 aliphatic rings. The van der Waals surface area contributed by atoms with E-state index >= 15 is 0 Å². The lowest BCUT2D eigenvalue weighted by Gasteiger charge is -2.13. The zero-order valence-corrected chi connectivity index (χ0v) is 10.8. The summed E-state index contributed by atoms with van der Waals surface area (Å²) in [5.41, 5.74) is 1.58. The maximum atomic E-state index is 11.0. The Hall–Kier alpha value is -2.29. The number of rotatable bonds is 6. The first-order chi connectivity index (χ1) is 9.35. The van der Waals surface area contributed by atoms with Crippen molar-refractivity contribution in [1.29, 1.82) is 0 Å². The molecule has 0 aromatic heterocycles. The first kappa shape index (κ1) is 13.1. The topological polar surface area (TPSA) is 35.5 Å².